The van der Waals surface area contributed by atoms with Gasteiger partial charge in [-0.3, -0.25) is 4.18 Å². The van der Waals surface area contributed by atoms with Crippen LogP contribution < -0.4 is 0 Å². The summed E-state index contributed by atoms with van der Waals surface area (Å²) in [5.74, 6) is 0. The number of fused-ring (bicyclic) bond motifs is 1. The lowest BCUT2D eigenvalue weighted by molar-refractivity contribution is -0.0564. The fourth-order valence-corrected chi connectivity index (χ4v) is 9.13. The number of alkyl halides is 3. The average molecular weight is 621 g/mol. The quantitative estimate of drug-likeness (QED) is 0.183. The molecular weight excluding hydrogens is 574 g/mol. The second-order valence-corrected chi connectivity index (χ2v) is 19.5. The summed E-state index contributed by atoms with van der Waals surface area (Å²) in [7, 11) is -7.50. The van der Waals surface area contributed by atoms with Crippen molar-refractivity contribution >= 4 is 24.1 Å². The van der Waals surface area contributed by atoms with E-state index in [-0.39, 0.29) is 16.2 Å². The van der Waals surface area contributed by atoms with E-state index < -0.39 is 30.5 Å². The zero-order valence-corrected chi connectivity index (χ0v) is 28.6. The van der Waals surface area contributed by atoms with E-state index in [0.717, 1.165) is 59.6 Å². The molecule has 232 valence electrons. The smallest absolute Gasteiger partial charge is 0.250 e. The van der Waals surface area contributed by atoms with Gasteiger partial charge in [0.2, 0.25) is 0 Å². The number of rotatable bonds is 6. The number of hydrogen-bond donors (Lipinski definition) is 0. The molecule has 0 amide bonds. The number of halogens is 3. The van der Waals surface area contributed by atoms with Crippen LogP contribution in [-0.4, -0.2) is 22.7 Å². The molecule has 0 N–H and O–H groups in total. The summed E-state index contributed by atoms with van der Waals surface area (Å²) in [5.41, 5.74) is 0.585. The predicted molar refractivity (Wildman–Crippen MR) is 170 cm³/mol. The molecule has 0 bridgehead atoms. The fourth-order valence-electron chi connectivity index (χ4n) is 6.65. The monoisotopic (exact) mass is 620 g/mol. The molecular formula is C34H47F3O3SSi. The molecule has 2 aliphatic carbocycles. The first-order valence-corrected chi connectivity index (χ1v) is 19.5. The van der Waals surface area contributed by atoms with Crippen LogP contribution in [-0.2, 0) is 25.1 Å². The summed E-state index contributed by atoms with van der Waals surface area (Å²) in [6.07, 6.45) is 4.48. The zero-order chi connectivity index (χ0) is 31.5. The van der Waals surface area contributed by atoms with Gasteiger partial charge in [0.1, 0.15) is 6.10 Å². The second kappa shape index (κ2) is 11.2. The van der Waals surface area contributed by atoms with Gasteiger partial charge in [-0.05, 0) is 74.5 Å². The van der Waals surface area contributed by atoms with E-state index in [2.05, 4.69) is 79.8 Å². The van der Waals surface area contributed by atoms with Gasteiger partial charge in [0, 0.05) is 0 Å². The Bertz CT molecular complexity index is 1440. The van der Waals surface area contributed by atoms with Crippen LogP contribution in [0.25, 0.3) is 16.3 Å². The van der Waals surface area contributed by atoms with Crippen LogP contribution in [0.1, 0.15) is 115 Å². The molecule has 8 heteroatoms. The van der Waals surface area contributed by atoms with E-state index >= 15 is 0 Å². The summed E-state index contributed by atoms with van der Waals surface area (Å²) >= 11 is 0. The highest BCUT2D eigenvalue weighted by Gasteiger charge is 2.51. The molecule has 4 rings (SSSR count). The standard InChI is InChI=1S/C34H47F3O3SSi/c1-31(2,3)23-18-22(19-24(20-23)32(4,5)6)25-14-13-15-26-28(25)30(42(8)9)27(21-33(7)16-11-10-12-17-33)29(26)40-41(38,39)34(35,36)37/h13-15,18-20,29,42H,10-12,16-17,21H2,1-9H3. The lowest BCUT2D eigenvalue weighted by atomic mass is 9.71. The lowest BCUT2D eigenvalue weighted by Gasteiger charge is -2.36. The first kappa shape index (κ1) is 33.0. The van der Waals surface area contributed by atoms with Crippen LogP contribution in [0, 0.1) is 5.41 Å². The predicted octanol–water partition coefficient (Wildman–Crippen LogP) is 10.0. The van der Waals surface area contributed by atoms with Crippen molar-refractivity contribution in [3.63, 3.8) is 0 Å². The van der Waals surface area contributed by atoms with E-state index in [1.165, 1.54) is 11.1 Å². The van der Waals surface area contributed by atoms with Crippen LogP contribution in [0.3, 0.4) is 0 Å². The van der Waals surface area contributed by atoms with Gasteiger partial charge in [0.25, 0.3) is 0 Å². The minimum atomic E-state index is -5.81. The summed E-state index contributed by atoms with van der Waals surface area (Å²) < 4.78 is 71.4. The zero-order valence-electron chi connectivity index (χ0n) is 26.6. The maximum atomic E-state index is 13.7. The highest BCUT2D eigenvalue weighted by atomic mass is 32.2. The Morgan fingerprint density at radius 3 is 1.93 bits per heavy atom. The van der Waals surface area contributed by atoms with Crippen molar-refractivity contribution in [1.29, 1.82) is 0 Å². The second-order valence-electron chi connectivity index (χ2n) is 15.1. The van der Waals surface area contributed by atoms with E-state index in [4.69, 9.17) is 4.18 Å². The van der Waals surface area contributed by atoms with Gasteiger partial charge in [-0.25, -0.2) is 0 Å². The molecule has 1 unspecified atom stereocenters. The van der Waals surface area contributed by atoms with Crippen molar-refractivity contribution in [3.05, 3.63) is 64.2 Å². The SMILES string of the molecule is C[SiH](C)C1=C(CC2(C)CCCCC2)C(OS(=O)(=O)C(F)(F)F)c2cccc(-c3cc(C(C)(C)C)cc(C(C)(C)C)c3)c21. The van der Waals surface area contributed by atoms with Crippen LogP contribution in [0.15, 0.2) is 42.0 Å². The maximum Gasteiger partial charge on any atom is 0.523 e. The Labute approximate surface area is 252 Å². The molecule has 0 heterocycles. The Hall–Kier alpha value is -1.90. The molecule has 0 aromatic heterocycles. The molecule has 0 radical (unpaired) electrons. The van der Waals surface area contributed by atoms with Gasteiger partial charge in [-0.15, -0.1) is 0 Å². The highest BCUT2D eigenvalue weighted by molar-refractivity contribution is 7.87. The first-order chi connectivity index (χ1) is 19.1. The maximum absolute atomic E-state index is 13.7. The number of hydrogen-bond acceptors (Lipinski definition) is 3. The van der Waals surface area contributed by atoms with Gasteiger partial charge in [0.15, 0.2) is 0 Å². The van der Waals surface area contributed by atoms with E-state index in [1.54, 1.807) is 6.07 Å². The van der Waals surface area contributed by atoms with Gasteiger partial charge in [-0.1, -0.05) is 122 Å². The summed E-state index contributed by atoms with van der Waals surface area (Å²) in [6.45, 7) is 19.6. The average Bonchev–Trinajstić information content (AvgIpc) is 3.14. The van der Waals surface area contributed by atoms with Crippen molar-refractivity contribution in [1.82, 2.24) is 0 Å². The molecule has 3 nitrogen and oxygen atoms in total. The Morgan fingerprint density at radius 1 is 0.905 bits per heavy atom. The van der Waals surface area contributed by atoms with Crippen LogP contribution >= 0.6 is 0 Å². The lowest BCUT2D eigenvalue weighted by Crippen LogP contribution is -2.29. The van der Waals surface area contributed by atoms with Crippen LogP contribution in [0.5, 0.6) is 0 Å². The Morgan fingerprint density at radius 2 is 1.45 bits per heavy atom. The Balaban J connectivity index is 2.02. The third-order valence-electron chi connectivity index (χ3n) is 9.05. The topological polar surface area (TPSA) is 43.4 Å². The van der Waals surface area contributed by atoms with Crippen molar-refractivity contribution in [2.24, 2.45) is 5.41 Å². The molecule has 0 spiro atoms. The summed E-state index contributed by atoms with van der Waals surface area (Å²) in [6, 6.07) is 12.2. The molecule has 2 aliphatic rings. The van der Waals surface area contributed by atoms with Crippen molar-refractivity contribution in [2.75, 3.05) is 0 Å². The molecule has 1 saturated carbocycles. The van der Waals surface area contributed by atoms with Gasteiger partial charge in [-0.2, -0.15) is 21.6 Å². The molecule has 1 fully saturated rings. The fraction of sp³-hybridized carbons (Fsp3) is 0.588. The molecule has 1 atom stereocenters. The van der Waals surface area contributed by atoms with Crippen molar-refractivity contribution in [2.45, 2.75) is 123 Å². The molecule has 2 aromatic carbocycles. The van der Waals surface area contributed by atoms with E-state index in [1.807, 2.05) is 12.1 Å². The summed E-state index contributed by atoms with van der Waals surface area (Å²) in [4.78, 5) is 0. The third-order valence-corrected chi connectivity index (χ3v) is 11.9. The van der Waals surface area contributed by atoms with Crippen LogP contribution in [0.4, 0.5) is 13.2 Å². The minimum Gasteiger partial charge on any atom is -0.250 e. The summed E-state index contributed by atoms with van der Waals surface area (Å²) in [5, 5.41) is 1.05. The third kappa shape index (κ3) is 6.60. The van der Waals surface area contributed by atoms with E-state index in [0.29, 0.717) is 12.0 Å². The normalized spacial score (nSPS) is 19.9. The largest absolute Gasteiger partial charge is 0.523 e. The minimum absolute atomic E-state index is 0.112. The molecule has 0 aliphatic heterocycles. The molecule has 2 aromatic rings. The highest BCUT2D eigenvalue weighted by Crippen LogP contribution is 2.54. The molecule has 42 heavy (non-hydrogen) atoms. The number of benzene rings is 2. The van der Waals surface area contributed by atoms with Gasteiger partial charge in [0.05, 0.1) is 8.80 Å². The Kier molecular flexibility index (Phi) is 8.82. The van der Waals surface area contributed by atoms with Crippen molar-refractivity contribution in [3.8, 4) is 11.1 Å². The van der Waals surface area contributed by atoms with Gasteiger partial charge >= 0.3 is 15.6 Å². The van der Waals surface area contributed by atoms with Crippen LogP contribution in [0.2, 0.25) is 13.1 Å². The van der Waals surface area contributed by atoms with E-state index in [9.17, 15) is 21.6 Å². The molecule has 0 saturated heterocycles. The van der Waals surface area contributed by atoms with Gasteiger partial charge < -0.3 is 0 Å². The van der Waals surface area contributed by atoms with Crippen molar-refractivity contribution < 1.29 is 25.8 Å². The first-order valence-electron chi connectivity index (χ1n) is 15.2.